The molecule has 0 bridgehead atoms. The van der Waals surface area contributed by atoms with Gasteiger partial charge in [0, 0.05) is 32.3 Å². The molecule has 0 aromatic rings. The maximum atomic E-state index is 5.29. The molecule has 2 N–H and O–H groups in total. The van der Waals surface area contributed by atoms with E-state index < -0.39 is 0 Å². The molecule has 110 valence electrons. The molecule has 0 saturated carbocycles. The van der Waals surface area contributed by atoms with E-state index >= 15 is 0 Å². The van der Waals surface area contributed by atoms with Crippen LogP contribution in [0.15, 0.2) is 4.99 Å². The summed E-state index contributed by atoms with van der Waals surface area (Å²) in [6.45, 7) is 11.9. The molecule has 0 aliphatic rings. The average molecular weight is 371 g/mol. The van der Waals surface area contributed by atoms with Crippen LogP contribution in [0.3, 0.4) is 0 Å². The van der Waals surface area contributed by atoms with E-state index in [4.69, 9.17) is 4.74 Å². The second kappa shape index (κ2) is 15.0. The monoisotopic (exact) mass is 371 g/mol. The molecular weight excluding hydrogens is 341 g/mol. The molecule has 0 amide bonds. The van der Waals surface area contributed by atoms with E-state index in [-0.39, 0.29) is 24.0 Å². The van der Waals surface area contributed by atoms with Crippen molar-refractivity contribution >= 4 is 29.9 Å². The predicted octanol–water partition coefficient (Wildman–Crippen LogP) is 2.77. The Kier molecular flexibility index (Phi) is 16.9. The van der Waals surface area contributed by atoms with Gasteiger partial charge in [0.15, 0.2) is 5.96 Å². The third kappa shape index (κ3) is 12.4. The number of unbranched alkanes of at least 4 members (excludes halogenated alkanes) is 1. The molecule has 0 aromatic carbocycles. The first kappa shape index (κ1) is 20.3. The predicted molar refractivity (Wildman–Crippen MR) is 90.0 cm³/mol. The first-order chi connectivity index (χ1) is 8.24. The van der Waals surface area contributed by atoms with Gasteiger partial charge in [-0.3, -0.25) is 4.99 Å². The highest BCUT2D eigenvalue weighted by Crippen LogP contribution is 1.92. The molecule has 0 aliphatic carbocycles. The maximum absolute atomic E-state index is 5.29. The van der Waals surface area contributed by atoms with Crippen molar-refractivity contribution in [2.75, 3.05) is 26.3 Å². The molecule has 1 unspecified atom stereocenters. The van der Waals surface area contributed by atoms with Crippen molar-refractivity contribution in [3.8, 4) is 0 Å². The summed E-state index contributed by atoms with van der Waals surface area (Å²) in [6, 6.07) is 0.469. The zero-order valence-corrected chi connectivity index (χ0v) is 14.6. The van der Waals surface area contributed by atoms with E-state index in [1.807, 2.05) is 6.92 Å². The zero-order chi connectivity index (χ0) is 12.9. The van der Waals surface area contributed by atoms with Crippen LogP contribution in [0.2, 0.25) is 0 Å². The molecular formula is C13H30IN3O. The Morgan fingerprint density at radius 1 is 1.22 bits per heavy atom. The second-order valence-corrected chi connectivity index (χ2v) is 4.12. The van der Waals surface area contributed by atoms with Crippen LogP contribution in [0.4, 0.5) is 0 Å². The van der Waals surface area contributed by atoms with E-state index in [2.05, 4.69) is 36.4 Å². The van der Waals surface area contributed by atoms with Crippen molar-refractivity contribution in [3.05, 3.63) is 0 Å². The van der Waals surface area contributed by atoms with Gasteiger partial charge in [-0.15, -0.1) is 24.0 Å². The van der Waals surface area contributed by atoms with E-state index in [1.165, 1.54) is 0 Å². The highest BCUT2D eigenvalue weighted by molar-refractivity contribution is 14.0. The lowest BCUT2D eigenvalue weighted by molar-refractivity contribution is 0.144. The van der Waals surface area contributed by atoms with Gasteiger partial charge in [0.25, 0.3) is 0 Å². The summed E-state index contributed by atoms with van der Waals surface area (Å²) in [5.74, 6) is 0.929. The number of rotatable bonds is 9. The van der Waals surface area contributed by atoms with Crippen molar-refractivity contribution in [3.63, 3.8) is 0 Å². The average Bonchev–Trinajstić information content (AvgIpc) is 2.33. The van der Waals surface area contributed by atoms with Crippen LogP contribution in [0.5, 0.6) is 0 Å². The molecule has 18 heavy (non-hydrogen) atoms. The lowest BCUT2D eigenvalue weighted by Crippen LogP contribution is -2.42. The van der Waals surface area contributed by atoms with Gasteiger partial charge in [0.05, 0.1) is 0 Å². The van der Waals surface area contributed by atoms with Crippen LogP contribution in [-0.2, 0) is 4.74 Å². The molecule has 5 heteroatoms. The Morgan fingerprint density at radius 2 is 1.94 bits per heavy atom. The molecule has 0 fully saturated rings. The Morgan fingerprint density at radius 3 is 2.50 bits per heavy atom. The second-order valence-electron chi connectivity index (χ2n) is 4.12. The highest BCUT2D eigenvalue weighted by atomic mass is 127. The van der Waals surface area contributed by atoms with Crippen molar-refractivity contribution < 1.29 is 4.74 Å². The van der Waals surface area contributed by atoms with Crippen LogP contribution in [0, 0.1) is 0 Å². The lowest BCUT2D eigenvalue weighted by Gasteiger charge is -2.16. The smallest absolute Gasteiger partial charge is 0.191 e. The highest BCUT2D eigenvalue weighted by Gasteiger charge is 2.01. The van der Waals surface area contributed by atoms with Crippen molar-refractivity contribution in [2.24, 2.45) is 4.99 Å². The van der Waals surface area contributed by atoms with Crippen LogP contribution >= 0.6 is 24.0 Å². The van der Waals surface area contributed by atoms with Gasteiger partial charge in [-0.25, -0.2) is 0 Å². The number of halogens is 1. The van der Waals surface area contributed by atoms with Gasteiger partial charge < -0.3 is 15.4 Å². The minimum absolute atomic E-state index is 0. The van der Waals surface area contributed by atoms with Crippen LogP contribution in [0.1, 0.15) is 47.0 Å². The zero-order valence-electron chi connectivity index (χ0n) is 12.3. The number of nitrogens with one attached hydrogen (secondary N) is 2. The fraction of sp³-hybridized carbons (Fsp3) is 0.923. The number of ether oxygens (including phenoxy) is 1. The summed E-state index contributed by atoms with van der Waals surface area (Å²) in [5.41, 5.74) is 0. The Hall–Kier alpha value is -0.0400. The minimum Gasteiger partial charge on any atom is -0.382 e. The first-order valence-corrected chi connectivity index (χ1v) is 6.87. The molecule has 0 aliphatic heterocycles. The molecule has 1 atom stereocenters. The summed E-state index contributed by atoms with van der Waals surface area (Å²) in [5, 5.41) is 6.63. The lowest BCUT2D eigenvalue weighted by atomic mass is 10.3. The molecule has 0 heterocycles. The van der Waals surface area contributed by atoms with Gasteiger partial charge >= 0.3 is 0 Å². The van der Waals surface area contributed by atoms with Gasteiger partial charge in [-0.2, -0.15) is 0 Å². The maximum Gasteiger partial charge on any atom is 0.191 e. The van der Waals surface area contributed by atoms with E-state index in [9.17, 15) is 0 Å². The summed E-state index contributed by atoms with van der Waals surface area (Å²) in [4.78, 5) is 4.54. The van der Waals surface area contributed by atoms with Crippen LogP contribution < -0.4 is 10.6 Å². The fourth-order valence-corrected chi connectivity index (χ4v) is 1.31. The van der Waals surface area contributed by atoms with Crippen molar-refractivity contribution in [1.29, 1.82) is 0 Å². The van der Waals surface area contributed by atoms with Gasteiger partial charge in [0.2, 0.25) is 0 Å². The largest absolute Gasteiger partial charge is 0.382 e. The molecule has 0 rings (SSSR count). The number of guanidine groups is 1. The molecule has 0 aromatic heterocycles. The topological polar surface area (TPSA) is 45.7 Å². The standard InChI is InChI=1S/C13H29N3O.HI/c1-5-12(4)16-13(14-6-2)15-10-8-9-11-17-7-3;/h12H,5-11H2,1-4H3,(H2,14,15,16);1H. The minimum atomic E-state index is 0. The fourth-order valence-electron chi connectivity index (χ4n) is 1.31. The van der Waals surface area contributed by atoms with Gasteiger partial charge in [-0.1, -0.05) is 6.92 Å². The first-order valence-electron chi connectivity index (χ1n) is 6.87. The number of hydrogen-bond acceptors (Lipinski definition) is 2. The van der Waals surface area contributed by atoms with Crippen molar-refractivity contribution in [1.82, 2.24) is 10.6 Å². The number of nitrogens with zero attached hydrogens (tertiary/aromatic N) is 1. The SMILES string of the molecule is CCNC(=NCCCCOCC)NC(C)CC.I. The molecule has 0 radical (unpaired) electrons. The summed E-state index contributed by atoms with van der Waals surface area (Å²) in [7, 11) is 0. The normalized spacial score (nSPS) is 12.8. The van der Waals surface area contributed by atoms with E-state index in [1.54, 1.807) is 0 Å². The number of aliphatic imine (C=N–C) groups is 1. The Bertz CT molecular complexity index is 201. The van der Waals surface area contributed by atoms with Gasteiger partial charge in [-0.05, 0) is 40.0 Å². The van der Waals surface area contributed by atoms with Gasteiger partial charge in [0.1, 0.15) is 0 Å². The Labute approximate surface area is 129 Å². The van der Waals surface area contributed by atoms with E-state index in [0.29, 0.717) is 6.04 Å². The van der Waals surface area contributed by atoms with Crippen LogP contribution in [-0.4, -0.2) is 38.3 Å². The van der Waals surface area contributed by atoms with Crippen molar-refractivity contribution in [2.45, 2.75) is 53.0 Å². The number of hydrogen-bond donors (Lipinski definition) is 2. The van der Waals surface area contributed by atoms with Crippen LogP contribution in [0.25, 0.3) is 0 Å². The summed E-state index contributed by atoms with van der Waals surface area (Å²) >= 11 is 0. The summed E-state index contributed by atoms with van der Waals surface area (Å²) < 4.78 is 5.29. The molecule has 4 nitrogen and oxygen atoms in total. The van der Waals surface area contributed by atoms with E-state index in [0.717, 1.165) is 51.5 Å². The third-order valence-electron chi connectivity index (χ3n) is 2.51. The quantitative estimate of drug-likeness (QED) is 0.284. The summed E-state index contributed by atoms with van der Waals surface area (Å²) in [6.07, 6.45) is 3.27. The molecule has 0 saturated heterocycles. The molecule has 0 spiro atoms. The Balaban J connectivity index is 0. The third-order valence-corrected chi connectivity index (χ3v) is 2.51.